The summed E-state index contributed by atoms with van der Waals surface area (Å²) in [4.78, 5) is 28.7. The van der Waals surface area contributed by atoms with Crippen molar-refractivity contribution in [1.29, 1.82) is 0 Å². The Balaban J connectivity index is 1.83. The van der Waals surface area contributed by atoms with Crippen LogP contribution in [0.25, 0.3) is 0 Å². The molecular formula is C28H30Br2N2O2S. The number of hydrogen-bond donors (Lipinski definition) is 1. The number of benzene rings is 3. The maximum atomic E-state index is 13.6. The molecule has 3 rings (SSSR count). The van der Waals surface area contributed by atoms with Crippen LogP contribution < -0.4 is 5.32 Å². The largest absolute Gasteiger partial charge is 0.352 e. The first-order valence-electron chi connectivity index (χ1n) is 11.5. The molecule has 184 valence electrons. The molecule has 7 heteroatoms. The molecule has 0 saturated carbocycles. The van der Waals surface area contributed by atoms with Crippen LogP contribution in [0.5, 0.6) is 0 Å². The van der Waals surface area contributed by atoms with E-state index in [1.807, 2.05) is 80.6 Å². The summed E-state index contributed by atoms with van der Waals surface area (Å²) >= 11 is 8.50. The molecule has 0 saturated heterocycles. The molecule has 1 atom stereocenters. The summed E-state index contributed by atoms with van der Waals surface area (Å²) in [6.45, 7) is 4.24. The summed E-state index contributed by atoms with van der Waals surface area (Å²) in [6.07, 6.45) is 0.457. The van der Waals surface area contributed by atoms with Gasteiger partial charge in [0.05, 0.1) is 5.75 Å². The SMILES string of the molecule is CC(C)NC(=O)[C@H](Cc1ccccc1)N(Cc1ccc(Br)cc1)C(=O)CSCc1ccc(Br)cc1. The van der Waals surface area contributed by atoms with Crippen molar-refractivity contribution in [3.63, 3.8) is 0 Å². The van der Waals surface area contributed by atoms with Crippen molar-refractivity contribution < 1.29 is 9.59 Å². The quantitative estimate of drug-likeness (QED) is 0.263. The number of amides is 2. The highest BCUT2D eigenvalue weighted by molar-refractivity contribution is 9.10. The first-order valence-corrected chi connectivity index (χ1v) is 14.3. The predicted molar refractivity (Wildman–Crippen MR) is 152 cm³/mol. The molecule has 0 aliphatic rings. The van der Waals surface area contributed by atoms with Gasteiger partial charge in [-0.15, -0.1) is 11.8 Å². The predicted octanol–water partition coefficient (Wildman–Crippen LogP) is 6.61. The van der Waals surface area contributed by atoms with E-state index < -0.39 is 6.04 Å². The van der Waals surface area contributed by atoms with Crippen molar-refractivity contribution >= 4 is 55.4 Å². The molecule has 2 amide bonds. The highest BCUT2D eigenvalue weighted by atomic mass is 79.9. The van der Waals surface area contributed by atoms with E-state index in [-0.39, 0.29) is 17.9 Å². The molecular weight excluding hydrogens is 588 g/mol. The van der Waals surface area contributed by atoms with Crippen LogP contribution in [0.2, 0.25) is 0 Å². The fourth-order valence-corrected chi connectivity index (χ4v) is 5.04. The normalized spacial score (nSPS) is 11.8. The van der Waals surface area contributed by atoms with E-state index in [2.05, 4.69) is 49.3 Å². The minimum atomic E-state index is -0.607. The van der Waals surface area contributed by atoms with Gasteiger partial charge in [0.25, 0.3) is 0 Å². The van der Waals surface area contributed by atoms with E-state index in [9.17, 15) is 9.59 Å². The minimum Gasteiger partial charge on any atom is -0.352 e. The second-order valence-corrected chi connectivity index (χ2v) is 11.5. The van der Waals surface area contributed by atoms with Crippen molar-refractivity contribution in [2.24, 2.45) is 0 Å². The number of halogens is 2. The van der Waals surface area contributed by atoms with Gasteiger partial charge in [0.15, 0.2) is 0 Å². The van der Waals surface area contributed by atoms with Crippen LogP contribution in [0.1, 0.15) is 30.5 Å². The Hall–Kier alpha value is -2.09. The zero-order chi connectivity index (χ0) is 25.2. The molecule has 3 aromatic rings. The lowest BCUT2D eigenvalue weighted by Gasteiger charge is -2.32. The van der Waals surface area contributed by atoms with Crippen LogP contribution in [0.3, 0.4) is 0 Å². The first kappa shape index (κ1) is 27.5. The fourth-order valence-electron chi connectivity index (χ4n) is 3.64. The lowest BCUT2D eigenvalue weighted by atomic mass is 10.0. The highest BCUT2D eigenvalue weighted by Gasteiger charge is 2.30. The lowest BCUT2D eigenvalue weighted by molar-refractivity contribution is -0.139. The third-order valence-corrected chi connectivity index (χ3v) is 7.42. The molecule has 0 radical (unpaired) electrons. The third-order valence-electron chi connectivity index (χ3n) is 5.38. The second-order valence-electron chi connectivity index (χ2n) is 8.64. The molecule has 0 spiro atoms. The van der Waals surface area contributed by atoms with Gasteiger partial charge in [-0.05, 0) is 54.8 Å². The molecule has 0 aliphatic heterocycles. The number of nitrogens with one attached hydrogen (secondary N) is 1. The Morgan fingerprint density at radius 1 is 0.829 bits per heavy atom. The average molecular weight is 618 g/mol. The zero-order valence-electron chi connectivity index (χ0n) is 19.9. The van der Waals surface area contributed by atoms with Crippen molar-refractivity contribution in [2.75, 3.05) is 5.75 Å². The fraction of sp³-hybridized carbons (Fsp3) is 0.286. The standard InChI is InChI=1S/C28H30Br2N2O2S/c1-20(2)31-28(34)26(16-21-6-4-3-5-7-21)32(17-22-8-12-24(29)13-9-22)27(33)19-35-18-23-10-14-25(30)15-11-23/h3-15,20,26H,16-19H2,1-2H3,(H,31,34)/t26-/m0/s1. The third kappa shape index (κ3) is 9.13. The van der Waals surface area contributed by atoms with Gasteiger partial charge in [0.1, 0.15) is 6.04 Å². The van der Waals surface area contributed by atoms with E-state index >= 15 is 0 Å². The summed E-state index contributed by atoms with van der Waals surface area (Å²) in [6, 6.07) is 25.2. The van der Waals surface area contributed by atoms with Gasteiger partial charge in [-0.3, -0.25) is 9.59 Å². The van der Waals surface area contributed by atoms with Crippen molar-refractivity contribution in [3.05, 3.63) is 104 Å². The second kappa shape index (κ2) is 13.9. The monoisotopic (exact) mass is 616 g/mol. The van der Waals surface area contributed by atoms with Crippen molar-refractivity contribution in [2.45, 2.75) is 44.6 Å². The molecule has 0 fully saturated rings. The average Bonchev–Trinajstić information content (AvgIpc) is 2.84. The van der Waals surface area contributed by atoms with Gasteiger partial charge < -0.3 is 10.2 Å². The number of rotatable bonds is 11. The van der Waals surface area contributed by atoms with Crippen LogP contribution >= 0.6 is 43.6 Å². The van der Waals surface area contributed by atoms with Crippen LogP contribution in [0.15, 0.2) is 87.8 Å². The topological polar surface area (TPSA) is 49.4 Å². The Kier molecular flexibility index (Phi) is 10.9. The molecule has 4 nitrogen and oxygen atoms in total. The summed E-state index contributed by atoms with van der Waals surface area (Å²) in [5.41, 5.74) is 3.16. The number of nitrogens with zero attached hydrogens (tertiary/aromatic N) is 1. The van der Waals surface area contributed by atoms with Gasteiger partial charge in [-0.25, -0.2) is 0 Å². The molecule has 1 N–H and O–H groups in total. The molecule has 0 heterocycles. The van der Waals surface area contributed by atoms with E-state index in [1.54, 1.807) is 16.7 Å². The Morgan fingerprint density at radius 2 is 1.40 bits per heavy atom. The van der Waals surface area contributed by atoms with Gasteiger partial charge in [-0.1, -0.05) is 86.5 Å². The Bertz CT molecular complexity index is 1090. The van der Waals surface area contributed by atoms with Crippen LogP contribution in [0, 0.1) is 0 Å². The number of carbonyl (C=O) groups excluding carboxylic acids is 2. The van der Waals surface area contributed by atoms with E-state index in [1.165, 1.54) is 0 Å². The molecule has 35 heavy (non-hydrogen) atoms. The molecule has 0 bridgehead atoms. The van der Waals surface area contributed by atoms with Crippen molar-refractivity contribution in [3.8, 4) is 0 Å². The van der Waals surface area contributed by atoms with Crippen molar-refractivity contribution in [1.82, 2.24) is 10.2 Å². The summed E-state index contributed by atoms with van der Waals surface area (Å²) in [5.74, 6) is 0.849. The van der Waals surface area contributed by atoms with Gasteiger partial charge in [0.2, 0.25) is 11.8 Å². The van der Waals surface area contributed by atoms with Gasteiger partial charge in [0, 0.05) is 33.7 Å². The molecule has 0 aromatic heterocycles. The summed E-state index contributed by atoms with van der Waals surface area (Å²) < 4.78 is 2.01. The van der Waals surface area contributed by atoms with Gasteiger partial charge in [-0.2, -0.15) is 0 Å². The van der Waals surface area contributed by atoms with Crippen LogP contribution in [0.4, 0.5) is 0 Å². The molecule has 0 unspecified atom stereocenters. The Labute approximate surface area is 229 Å². The summed E-state index contributed by atoms with van der Waals surface area (Å²) in [5, 5.41) is 3.03. The zero-order valence-corrected chi connectivity index (χ0v) is 23.9. The maximum Gasteiger partial charge on any atom is 0.243 e. The number of thioether (sulfide) groups is 1. The van der Waals surface area contributed by atoms with E-state index in [4.69, 9.17) is 0 Å². The van der Waals surface area contributed by atoms with E-state index in [0.29, 0.717) is 18.7 Å². The molecule has 3 aromatic carbocycles. The number of hydrogen-bond acceptors (Lipinski definition) is 3. The summed E-state index contributed by atoms with van der Waals surface area (Å²) in [7, 11) is 0. The van der Waals surface area contributed by atoms with Crippen LogP contribution in [-0.2, 0) is 28.3 Å². The van der Waals surface area contributed by atoms with E-state index in [0.717, 1.165) is 31.4 Å². The number of carbonyl (C=O) groups is 2. The first-order chi connectivity index (χ1) is 16.8. The van der Waals surface area contributed by atoms with Crippen LogP contribution in [-0.4, -0.2) is 34.6 Å². The highest BCUT2D eigenvalue weighted by Crippen LogP contribution is 2.20. The minimum absolute atomic E-state index is 0.0165. The smallest absolute Gasteiger partial charge is 0.243 e. The lowest BCUT2D eigenvalue weighted by Crippen LogP contribution is -2.52. The molecule has 0 aliphatic carbocycles. The maximum absolute atomic E-state index is 13.6. The Morgan fingerprint density at radius 3 is 1.97 bits per heavy atom. The van der Waals surface area contributed by atoms with Gasteiger partial charge >= 0.3 is 0 Å².